The number of aliphatic hydroxyl groups is 1. The summed E-state index contributed by atoms with van der Waals surface area (Å²) in [6.45, 7) is 0.294. The molecule has 1 aliphatic rings. The molecule has 13 heavy (non-hydrogen) atoms. The molecule has 1 aromatic rings. The zero-order valence-corrected chi connectivity index (χ0v) is 7.73. The maximum Gasteiger partial charge on any atom is 0.122 e. The van der Waals surface area contributed by atoms with Crippen molar-refractivity contribution in [1.82, 2.24) is 0 Å². The fraction of sp³-hybridized carbons (Fsp3) is 0.455. The molecule has 0 spiro atoms. The first-order valence-corrected chi connectivity index (χ1v) is 4.60. The first kappa shape index (κ1) is 8.57. The Labute approximate surface area is 78.2 Å². The summed E-state index contributed by atoms with van der Waals surface area (Å²) in [4.78, 5) is 0. The second kappa shape index (κ2) is 3.38. The summed E-state index contributed by atoms with van der Waals surface area (Å²) in [6.07, 6.45) is 1.09. The number of hydrogen-bond donors (Lipinski definition) is 1. The summed E-state index contributed by atoms with van der Waals surface area (Å²) in [7, 11) is 1.69. The fourth-order valence-electron chi connectivity index (χ4n) is 1.80. The van der Waals surface area contributed by atoms with Gasteiger partial charge in [0, 0.05) is 6.61 Å². The van der Waals surface area contributed by atoms with Crippen molar-refractivity contribution in [3.63, 3.8) is 0 Å². The molecule has 1 saturated carbocycles. The van der Waals surface area contributed by atoms with Crippen molar-refractivity contribution in [3.8, 4) is 5.75 Å². The molecule has 1 N–H and O–H groups in total. The van der Waals surface area contributed by atoms with Crippen LogP contribution in [-0.4, -0.2) is 18.8 Å². The lowest BCUT2D eigenvalue weighted by molar-refractivity contribution is 0.273. The van der Waals surface area contributed by atoms with Gasteiger partial charge in [-0.2, -0.15) is 0 Å². The third-order valence-corrected chi connectivity index (χ3v) is 2.70. The van der Waals surface area contributed by atoms with E-state index in [9.17, 15) is 0 Å². The number of rotatable bonds is 3. The van der Waals surface area contributed by atoms with E-state index in [1.54, 1.807) is 7.11 Å². The van der Waals surface area contributed by atoms with Crippen molar-refractivity contribution in [1.29, 1.82) is 0 Å². The standard InChI is InChI=1S/C11H14O2/c1-13-11-5-3-2-4-9(11)10-6-8(10)7-12/h2-5,8,10,12H,6-7H2,1H3/t8-,10-/m1/s1. The Balaban J connectivity index is 2.20. The molecule has 1 aliphatic carbocycles. The molecule has 0 aliphatic heterocycles. The number of methoxy groups -OCH3 is 1. The van der Waals surface area contributed by atoms with Gasteiger partial charge in [-0.15, -0.1) is 0 Å². The molecule has 1 fully saturated rings. The van der Waals surface area contributed by atoms with Crippen LogP contribution in [0.25, 0.3) is 0 Å². The lowest BCUT2D eigenvalue weighted by atomic mass is 10.1. The maximum atomic E-state index is 8.96. The maximum absolute atomic E-state index is 8.96. The summed E-state index contributed by atoms with van der Waals surface area (Å²) in [5, 5.41) is 8.96. The van der Waals surface area contributed by atoms with E-state index in [1.807, 2.05) is 18.2 Å². The predicted octanol–water partition coefficient (Wildman–Crippen LogP) is 1.79. The van der Waals surface area contributed by atoms with Gasteiger partial charge in [0.05, 0.1) is 7.11 Å². The van der Waals surface area contributed by atoms with Crippen molar-refractivity contribution in [2.45, 2.75) is 12.3 Å². The summed E-state index contributed by atoms with van der Waals surface area (Å²) in [5.41, 5.74) is 1.24. The van der Waals surface area contributed by atoms with Crippen molar-refractivity contribution >= 4 is 0 Å². The van der Waals surface area contributed by atoms with Crippen LogP contribution in [0.1, 0.15) is 17.9 Å². The van der Waals surface area contributed by atoms with Crippen LogP contribution in [0, 0.1) is 5.92 Å². The third kappa shape index (κ3) is 1.54. The predicted molar refractivity (Wildman–Crippen MR) is 50.9 cm³/mol. The van der Waals surface area contributed by atoms with Crippen LogP contribution in [0.2, 0.25) is 0 Å². The topological polar surface area (TPSA) is 29.5 Å². The van der Waals surface area contributed by atoms with E-state index < -0.39 is 0 Å². The number of ether oxygens (including phenoxy) is 1. The Morgan fingerprint density at radius 1 is 1.46 bits per heavy atom. The van der Waals surface area contributed by atoms with E-state index in [-0.39, 0.29) is 0 Å². The molecule has 0 unspecified atom stereocenters. The summed E-state index contributed by atoms with van der Waals surface area (Å²) < 4.78 is 5.26. The monoisotopic (exact) mass is 178 g/mol. The molecule has 0 bridgehead atoms. The zero-order chi connectivity index (χ0) is 9.26. The van der Waals surface area contributed by atoms with Gasteiger partial charge in [-0.3, -0.25) is 0 Å². The average molecular weight is 178 g/mol. The normalized spacial score (nSPS) is 25.7. The van der Waals surface area contributed by atoms with Crippen molar-refractivity contribution in [2.75, 3.05) is 13.7 Å². The smallest absolute Gasteiger partial charge is 0.122 e. The van der Waals surface area contributed by atoms with Crippen LogP contribution in [0.3, 0.4) is 0 Å². The molecule has 0 radical (unpaired) electrons. The summed E-state index contributed by atoms with van der Waals surface area (Å²) in [5.74, 6) is 1.92. The van der Waals surface area contributed by atoms with Crippen LogP contribution in [0.15, 0.2) is 24.3 Å². The SMILES string of the molecule is COc1ccccc1[C@@H]1C[C@@H]1CO. The molecule has 1 aromatic carbocycles. The first-order valence-electron chi connectivity index (χ1n) is 4.60. The zero-order valence-electron chi connectivity index (χ0n) is 7.73. The van der Waals surface area contributed by atoms with E-state index in [2.05, 4.69) is 6.07 Å². The molecule has 0 aromatic heterocycles. The molecular weight excluding hydrogens is 164 g/mol. The Morgan fingerprint density at radius 2 is 2.23 bits per heavy atom. The summed E-state index contributed by atoms with van der Waals surface area (Å²) in [6, 6.07) is 8.05. The van der Waals surface area contributed by atoms with Gasteiger partial charge in [-0.25, -0.2) is 0 Å². The van der Waals surface area contributed by atoms with Crippen molar-refractivity contribution in [3.05, 3.63) is 29.8 Å². The molecule has 70 valence electrons. The number of aliphatic hydroxyl groups excluding tert-OH is 1. The molecule has 0 saturated heterocycles. The van der Waals surface area contributed by atoms with Gasteiger partial charge in [0.2, 0.25) is 0 Å². The van der Waals surface area contributed by atoms with Gasteiger partial charge in [-0.05, 0) is 29.9 Å². The average Bonchev–Trinajstić information content (AvgIpc) is 2.96. The Morgan fingerprint density at radius 3 is 2.85 bits per heavy atom. The fourth-order valence-corrected chi connectivity index (χ4v) is 1.80. The highest BCUT2D eigenvalue weighted by Crippen LogP contribution is 2.49. The highest BCUT2D eigenvalue weighted by atomic mass is 16.5. The Kier molecular flexibility index (Phi) is 2.23. The van der Waals surface area contributed by atoms with Gasteiger partial charge in [0.25, 0.3) is 0 Å². The molecule has 2 atom stereocenters. The first-order chi connectivity index (χ1) is 6.36. The van der Waals surface area contributed by atoms with Gasteiger partial charge < -0.3 is 9.84 Å². The van der Waals surface area contributed by atoms with E-state index in [0.717, 1.165) is 12.2 Å². The summed E-state index contributed by atoms with van der Waals surface area (Å²) >= 11 is 0. The van der Waals surface area contributed by atoms with Crippen LogP contribution >= 0.6 is 0 Å². The van der Waals surface area contributed by atoms with E-state index in [4.69, 9.17) is 9.84 Å². The lowest BCUT2D eigenvalue weighted by Gasteiger charge is -2.06. The molecule has 2 rings (SSSR count). The minimum atomic E-state index is 0.294. The Hall–Kier alpha value is -1.02. The highest BCUT2D eigenvalue weighted by Gasteiger charge is 2.39. The van der Waals surface area contributed by atoms with E-state index in [1.165, 1.54) is 5.56 Å². The third-order valence-electron chi connectivity index (χ3n) is 2.70. The van der Waals surface area contributed by atoms with Gasteiger partial charge in [-0.1, -0.05) is 18.2 Å². The van der Waals surface area contributed by atoms with Crippen LogP contribution in [0.4, 0.5) is 0 Å². The number of para-hydroxylation sites is 1. The highest BCUT2D eigenvalue weighted by molar-refractivity contribution is 5.39. The molecule has 0 heterocycles. The number of hydrogen-bond acceptors (Lipinski definition) is 2. The Bertz CT molecular complexity index is 296. The van der Waals surface area contributed by atoms with Crippen molar-refractivity contribution < 1.29 is 9.84 Å². The van der Waals surface area contributed by atoms with Gasteiger partial charge >= 0.3 is 0 Å². The van der Waals surface area contributed by atoms with E-state index >= 15 is 0 Å². The molecular formula is C11H14O2. The van der Waals surface area contributed by atoms with Crippen LogP contribution in [0.5, 0.6) is 5.75 Å². The molecule has 2 heteroatoms. The molecule has 2 nitrogen and oxygen atoms in total. The largest absolute Gasteiger partial charge is 0.496 e. The minimum absolute atomic E-state index is 0.294. The molecule has 0 amide bonds. The van der Waals surface area contributed by atoms with Crippen LogP contribution < -0.4 is 4.74 Å². The van der Waals surface area contributed by atoms with Crippen LogP contribution in [-0.2, 0) is 0 Å². The number of benzene rings is 1. The van der Waals surface area contributed by atoms with E-state index in [0.29, 0.717) is 18.4 Å². The second-order valence-electron chi connectivity index (χ2n) is 3.53. The minimum Gasteiger partial charge on any atom is -0.496 e. The van der Waals surface area contributed by atoms with Crippen molar-refractivity contribution in [2.24, 2.45) is 5.92 Å². The quantitative estimate of drug-likeness (QED) is 0.764. The van der Waals surface area contributed by atoms with Gasteiger partial charge in [0.1, 0.15) is 5.75 Å². The van der Waals surface area contributed by atoms with Gasteiger partial charge in [0.15, 0.2) is 0 Å². The second-order valence-corrected chi connectivity index (χ2v) is 3.53. The lowest BCUT2D eigenvalue weighted by Crippen LogP contribution is -1.92.